The fraction of sp³-hybridized carbons (Fsp3) is 0.0714. The average Bonchev–Trinajstić information content (AvgIpc) is 3.10. The van der Waals surface area contributed by atoms with Gasteiger partial charge in [-0.25, -0.2) is 4.98 Å². The molecular formula is C14H9F3N2S. The van der Waals surface area contributed by atoms with Gasteiger partial charge in [-0.1, -0.05) is 12.1 Å². The van der Waals surface area contributed by atoms with Crippen LogP contribution in [-0.2, 0) is 6.18 Å². The molecule has 102 valence electrons. The lowest BCUT2D eigenvalue weighted by Gasteiger charge is -2.07. The van der Waals surface area contributed by atoms with E-state index in [1.807, 2.05) is 29.1 Å². The Morgan fingerprint density at radius 1 is 1.00 bits per heavy atom. The van der Waals surface area contributed by atoms with Crippen molar-refractivity contribution in [2.45, 2.75) is 6.18 Å². The number of aromatic nitrogens is 2. The van der Waals surface area contributed by atoms with E-state index < -0.39 is 11.1 Å². The van der Waals surface area contributed by atoms with Gasteiger partial charge in [-0.05, 0) is 24.3 Å². The van der Waals surface area contributed by atoms with E-state index in [1.165, 1.54) is 5.51 Å². The molecule has 0 aliphatic rings. The van der Waals surface area contributed by atoms with Crippen molar-refractivity contribution in [1.29, 1.82) is 0 Å². The summed E-state index contributed by atoms with van der Waals surface area (Å²) in [6.45, 7) is 0. The first-order valence-electron chi connectivity index (χ1n) is 5.80. The lowest BCUT2D eigenvalue weighted by Crippen LogP contribution is -2.04. The summed E-state index contributed by atoms with van der Waals surface area (Å²) < 4.78 is 40.4. The third kappa shape index (κ3) is 2.34. The van der Waals surface area contributed by atoms with Crippen LogP contribution in [-0.4, -0.2) is 9.55 Å². The Kier molecular flexibility index (Phi) is 3.10. The first-order chi connectivity index (χ1) is 9.55. The molecule has 0 amide bonds. The molecule has 2 nitrogen and oxygen atoms in total. The maximum absolute atomic E-state index is 12.8. The van der Waals surface area contributed by atoms with Gasteiger partial charge in [0.25, 0.3) is 0 Å². The molecule has 3 aromatic rings. The minimum Gasteiger partial charge on any atom is -0.324 e. The van der Waals surface area contributed by atoms with Crippen LogP contribution in [0.2, 0.25) is 0 Å². The van der Waals surface area contributed by atoms with Crippen molar-refractivity contribution in [1.82, 2.24) is 9.55 Å². The van der Waals surface area contributed by atoms with Crippen LogP contribution in [0.4, 0.5) is 13.2 Å². The van der Waals surface area contributed by atoms with Crippen molar-refractivity contribution in [3.05, 3.63) is 59.2 Å². The van der Waals surface area contributed by atoms with Gasteiger partial charge in [0.1, 0.15) is 4.88 Å². The number of hydrogen-bond acceptors (Lipinski definition) is 2. The highest BCUT2D eigenvalue weighted by atomic mass is 32.1. The Morgan fingerprint density at radius 3 is 2.25 bits per heavy atom. The molecule has 0 spiro atoms. The highest BCUT2D eigenvalue weighted by molar-refractivity contribution is 7.10. The number of rotatable bonds is 2. The number of thiazole rings is 1. The molecule has 0 bridgehead atoms. The van der Waals surface area contributed by atoms with Crippen LogP contribution in [0.5, 0.6) is 0 Å². The summed E-state index contributed by atoms with van der Waals surface area (Å²) in [4.78, 5) is 3.18. The maximum atomic E-state index is 12.8. The van der Waals surface area contributed by atoms with Gasteiger partial charge in [0, 0.05) is 23.6 Å². The number of hydrogen-bond donors (Lipinski definition) is 0. The number of nitrogens with zero attached hydrogens (tertiary/aromatic N) is 2. The standard InChI is InChI=1S/C14H9F3N2S/c15-14(16,17)13-12(18-9-20-13)10-3-5-11(6-4-10)19-7-1-2-8-19/h1-9H. The summed E-state index contributed by atoms with van der Waals surface area (Å²) in [6, 6.07) is 10.6. The third-order valence-electron chi connectivity index (χ3n) is 2.87. The average molecular weight is 294 g/mol. The quantitative estimate of drug-likeness (QED) is 0.674. The van der Waals surface area contributed by atoms with E-state index in [0.29, 0.717) is 16.9 Å². The molecule has 0 unspecified atom stereocenters. The molecule has 3 rings (SSSR count). The Bertz CT molecular complexity index is 697. The fourth-order valence-electron chi connectivity index (χ4n) is 1.95. The highest BCUT2D eigenvalue weighted by Crippen LogP contribution is 2.39. The molecule has 1 aromatic carbocycles. The number of alkyl halides is 3. The zero-order chi connectivity index (χ0) is 14.2. The number of halogens is 3. The van der Waals surface area contributed by atoms with Crippen molar-refractivity contribution in [3.8, 4) is 16.9 Å². The van der Waals surface area contributed by atoms with E-state index >= 15 is 0 Å². The van der Waals surface area contributed by atoms with Crippen LogP contribution in [0.3, 0.4) is 0 Å². The Labute approximate surface area is 117 Å². The minimum atomic E-state index is -4.37. The van der Waals surface area contributed by atoms with Crippen molar-refractivity contribution in [2.75, 3.05) is 0 Å². The monoisotopic (exact) mass is 294 g/mol. The molecule has 0 saturated heterocycles. The first-order valence-corrected chi connectivity index (χ1v) is 6.68. The predicted molar refractivity (Wildman–Crippen MR) is 71.9 cm³/mol. The van der Waals surface area contributed by atoms with Crippen molar-refractivity contribution in [2.24, 2.45) is 0 Å². The lowest BCUT2D eigenvalue weighted by atomic mass is 10.1. The van der Waals surface area contributed by atoms with Gasteiger partial charge in [0.05, 0.1) is 11.2 Å². The summed E-state index contributed by atoms with van der Waals surface area (Å²) in [5, 5.41) is 0. The first kappa shape index (κ1) is 12.9. The molecule has 0 aliphatic heterocycles. The van der Waals surface area contributed by atoms with E-state index in [4.69, 9.17) is 0 Å². The SMILES string of the molecule is FC(F)(F)c1scnc1-c1ccc(-n2cccc2)cc1. The Morgan fingerprint density at radius 2 is 1.65 bits per heavy atom. The molecule has 0 fully saturated rings. The van der Waals surface area contributed by atoms with E-state index in [9.17, 15) is 13.2 Å². The third-order valence-corrected chi connectivity index (χ3v) is 3.74. The van der Waals surface area contributed by atoms with Gasteiger partial charge >= 0.3 is 6.18 Å². The number of benzene rings is 1. The van der Waals surface area contributed by atoms with Crippen LogP contribution in [0.25, 0.3) is 16.9 Å². The largest absolute Gasteiger partial charge is 0.427 e. The van der Waals surface area contributed by atoms with Gasteiger partial charge in [0.2, 0.25) is 0 Å². The van der Waals surface area contributed by atoms with Gasteiger partial charge in [0.15, 0.2) is 0 Å². The minimum absolute atomic E-state index is 0.0124. The van der Waals surface area contributed by atoms with Crippen LogP contribution in [0, 0.1) is 0 Å². The van der Waals surface area contributed by atoms with Crippen LogP contribution in [0.15, 0.2) is 54.3 Å². The normalized spacial score (nSPS) is 11.8. The van der Waals surface area contributed by atoms with Gasteiger partial charge in [-0.15, -0.1) is 11.3 Å². The van der Waals surface area contributed by atoms with Crippen LogP contribution in [0.1, 0.15) is 4.88 Å². The Hall–Kier alpha value is -2.08. The van der Waals surface area contributed by atoms with E-state index in [0.717, 1.165) is 5.69 Å². The molecule has 0 N–H and O–H groups in total. The molecular weight excluding hydrogens is 285 g/mol. The molecule has 20 heavy (non-hydrogen) atoms. The lowest BCUT2D eigenvalue weighted by molar-refractivity contribution is -0.134. The zero-order valence-electron chi connectivity index (χ0n) is 10.1. The molecule has 0 radical (unpaired) electrons. The van der Waals surface area contributed by atoms with Gasteiger partial charge < -0.3 is 4.57 Å². The van der Waals surface area contributed by atoms with Crippen LogP contribution >= 0.6 is 11.3 Å². The summed E-state index contributed by atoms with van der Waals surface area (Å²) in [6.07, 6.45) is -0.617. The molecule has 0 saturated carbocycles. The molecule has 0 aliphatic carbocycles. The zero-order valence-corrected chi connectivity index (χ0v) is 10.9. The maximum Gasteiger partial charge on any atom is 0.427 e. The van der Waals surface area contributed by atoms with Crippen molar-refractivity contribution in [3.63, 3.8) is 0 Å². The fourth-order valence-corrected chi connectivity index (χ4v) is 2.63. The Balaban J connectivity index is 1.98. The van der Waals surface area contributed by atoms with Crippen molar-refractivity contribution >= 4 is 11.3 Å². The molecule has 6 heteroatoms. The van der Waals surface area contributed by atoms with Crippen LogP contribution < -0.4 is 0 Å². The molecule has 2 aromatic heterocycles. The van der Waals surface area contributed by atoms with E-state index in [-0.39, 0.29) is 5.69 Å². The summed E-state index contributed by atoms with van der Waals surface area (Å²) >= 11 is 0.612. The van der Waals surface area contributed by atoms with Gasteiger partial charge in [-0.2, -0.15) is 13.2 Å². The second-order valence-electron chi connectivity index (χ2n) is 4.17. The second kappa shape index (κ2) is 4.79. The van der Waals surface area contributed by atoms with Crippen molar-refractivity contribution < 1.29 is 13.2 Å². The molecule has 2 heterocycles. The van der Waals surface area contributed by atoms with Gasteiger partial charge in [-0.3, -0.25) is 0 Å². The second-order valence-corrected chi connectivity index (χ2v) is 5.02. The highest BCUT2D eigenvalue weighted by Gasteiger charge is 2.36. The topological polar surface area (TPSA) is 17.8 Å². The molecule has 0 atom stereocenters. The summed E-state index contributed by atoms with van der Waals surface area (Å²) in [7, 11) is 0. The summed E-state index contributed by atoms with van der Waals surface area (Å²) in [5.74, 6) is 0. The van der Waals surface area contributed by atoms with E-state index in [2.05, 4.69) is 4.98 Å². The summed E-state index contributed by atoms with van der Waals surface area (Å²) in [5.41, 5.74) is 2.57. The smallest absolute Gasteiger partial charge is 0.324 e. The van der Waals surface area contributed by atoms with E-state index in [1.54, 1.807) is 24.3 Å². The predicted octanol–water partition coefficient (Wildman–Crippen LogP) is 4.62.